The molecule has 3 aromatic rings. The summed E-state index contributed by atoms with van der Waals surface area (Å²) in [7, 11) is 0. The van der Waals surface area contributed by atoms with Gasteiger partial charge in [-0.15, -0.1) is 0 Å². The molecule has 2 saturated heterocycles. The summed E-state index contributed by atoms with van der Waals surface area (Å²) in [6.07, 6.45) is 1.35. The van der Waals surface area contributed by atoms with Crippen molar-refractivity contribution >= 4 is 28.5 Å². The Labute approximate surface area is 238 Å². The molecule has 4 atom stereocenters. The Morgan fingerprint density at radius 1 is 1.20 bits per heavy atom. The molecule has 1 aromatic carbocycles. The molecule has 4 heterocycles. The van der Waals surface area contributed by atoms with Gasteiger partial charge in [0.25, 0.3) is 0 Å². The number of hydrogen-bond acceptors (Lipinski definition) is 8. The topological polar surface area (TPSA) is 102 Å². The quantitative estimate of drug-likeness (QED) is 0.450. The Hall–Kier alpha value is -2.63. The number of halogens is 2. The molecule has 2 fully saturated rings. The second-order valence-electron chi connectivity index (χ2n) is 11.2. The number of hydrogen-bond donors (Lipinski definition) is 2. The summed E-state index contributed by atoms with van der Waals surface area (Å²) in [5.41, 5.74) is 2.35. The molecule has 0 bridgehead atoms. The van der Waals surface area contributed by atoms with Crippen molar-refractivity contribution in [3.63, 3.8) is 0 Å². The first kappa shape index (κ1) is 28.9. The van der Waals surface area contributed by atoms with Gasteiger partial charge >= 0.3 is 0 Å². The van der Waals surface area contributed by atoms with Gasteiger partial charge in [0.05, 0.1) is 59.8 Å². The molecule has 2 N–H and O–H groups in total. The van der Waals surface area contributed by atoms with Crippen LogP contribution in [0.3, 0.4) is 0 Å². The largest absolute Gasteiger partial charge is 0.389 e. The van der Waals surface area contributed by atoms with Gasteiger partial charge in [-0.1, -0.05) is 11.6 Å². The number of aliphatic hydroxyl groups excluding tert-OH is 1. The number of benzene rings is 1. The predicted octanol–water partition coefficient (Wildman–Crippen LogP) is 4.31. The molecule has 2 aliphatic rings. The summed E-state index contributed by atoms with van der Waals surface area (Å²) >= 11 is 6.53. The Morgan fingerprint density at radius 2 is 1.93 bits per heavy atom. The van der Waals surface area contributed by atoms with Crippen LogP contribution < -0.4 is 10.7 Å². The third kappa shape index (κ3) is 5.47. The van der Waals surface area contributed by atoms with Crippen LogP contribution in [0, 0.1) is 12.7 Å². The fourth-order valence-electron chi connectivity index (χ4n) is 5.79. The van der Waals surface area contributed by atoms with Crippen LogP contribution in [0.4, 0.5) is 10.3 Å². The first-order valence-corrected chi connectivity index (χ1v) is 14.2. The van der Waals surface area contributed by atoms with Gasteiger partial charge in [-0.05, 0) is 53.2 Å². The van der Waals surface area contributed by atoms with Crippen LogP contribution in [-0.2, 0) is 16.0 Å². The highest BCUT2D eigenvalue weighted by molar-refractivity contribution is 6.33. The lowest BCUT2D eigenvalue weighted by molar-refractivity contribution is -0.0420. The molecule has 5 rings (SSSR count). The first-order valence-electron chi connectivity index (χ1n) is 13.8. The minimum absolute atomic E-state index is 0.0498. The maximum Gasteiger partial charge on any atom is 0.223 e. The standard InChI is InChI=1S/C29H37ClFN5O4/c1-15(2)36-23-9-19(27-20(30)10-32-29(34-27)33-22-6-7-39-14-25(22)37)8-21(31)26(23)28(38)18(5)24(36)11-35-16(3)12-40-13-17(35)4/h8-10,15-17,22,25,37H,6-7,11-14H2,1-5H3,(H,32,33,34)/t16-,17+,22-,25-/m1/s1. The smallest absolute Gasteiger partial charge is 0.223 e. The van der Waals surface area contributed by atoms with E-state index in [0.717, 1.165) is 5.69 Å². The van der Waals surface area contributed by atoms with Crippen LogP contribution in [0.1, 0.15) is 51.4 Å². The minimum atomic E-state index is -0.700. The van der Waals surface area contributed by atoms with Crippen molar-refractivity contribution in [1.82, 2.24) is 19.4 Å². The number of rotatable bonds is 6. The van der Waals surface area contributed by atoms with Crippen LogP contribution in [0.25, 0.3) is 22.2 Å². The van der Waals surface area contributed by atoms with Gasteiger partial charge in [-0.2, -0.15) is 0 Å². The van der Waals surface area contributed by atoms with Crippen LogP contribution in [0.15, 0.2) is 23.1 Å². The Morgan fingerprint density at radius 3 is 2.60 bits per heavy atom. The van der Waals surface area contributed by atoms with Gasteiger partial charge < -0.3 is 24.5 Å². The average molecular weight is 574 g/mol. The fourth-order valence-corrected chi connectivity index (χ4v) is 5.99. The summed E-state index contributed by atoms with van der Waals surface area (Å²) in [5.74, 6) is -0.356. The molecular formula is C29H37ClFN5O4. The molecule has 0 spiro atoms. The monoisotopic (exact) mass is 573 g/mol. The van der Waals surface area contributed by atoms with Gasteiger partial charge in [0.15, 0.2) is 5.43 Å². The van der Waals surface area contributed by atoms with Crippen LogP contribution in [0.2, 0.25) is 5.02 Å². The maximum absolute atomic E-state index is 15.8. The number of aliphatic hydroxyl groups is 1. The molecule has 0 amide bonds. The van der Waals surface area contributed by atoms with Gasteiger partial charge in [-0.3, -0.25) is 9.69 Å². The number of pyridine rings is 1. The molecule has 0 aliphatic carbocycles. The third-order valence-corrected chi connectivity index (χ3v) is 8.25. The molecule has 40 heavy (non-hydrogen) atoms. The van der Waals surface area contributed by atoms with E-state index in [0.29, 0.717) is 55.1 Å². The van der Waals surface area contributed by atoms with E-state index in [-0.39, 0.29) is 52.6 Å². The first-order chi connectivity index (χ1) is 19.1. The van der Waals surface area contributed by atoms with Crippen molar-refractivity contribution in [2.75, 3.05) is 31.7 Å². The lowest BCUT2D eigenvalue weighted by Gasteiger charge is -2.39. The average Bonchev–Trinajstić information content (AvgIpc) is 2.90. The van der Waals surface area contributed by atoms with Gasteiger partial charge in [0, 0.05) is 48.1 Å². The van der Waals surface area contributed by atoms with Crippen molar-refractivity contribution in [1.29, 1.82) is 0 Å². The van der Waals surface area contributed by atoms with E-state index in [1.807, 2.05) is 13.8 Å². The number of nitrogens with one attached hydrogen (secondary N) is 1. The van der Waals surface area contributed by atoms with E-state index in [2.05, 4.69) is 38.6 Å². The van der Waals surface area contributed by atoms with E-state index in [9.17, 15) is 9.90 Å². The lowest BCUT2D eigenvalue weighted by atomic mass is 10.0. The van der Waals surface area contributed by atoms with E-state index < -0.39 is 11.9 Å². The lowest BCUT2D eigenvalue weighted by Crippen LogP contribution is -2.49. The number of anilines is 1. The molecule has 2 aromatic heterocycles. The highest BCUT2D eigenvalue weighted by Gasteiger charge is 2.29. The number of fused-ring (bicyclic) bond motifs is 1. The highest BCUT2D eigenvalue weighted by atomic mass is 35.5. The third-order valence-electron chi connectivity index (χ3n) is 7.98. The molecule has 2 aliphatic heterocycles. The van der Waals surface area contributed by atoms with Crippen LogP contribution in [-0.4, -0.2) is 75.2 Å². The number of aromatic nitrogens is 3. The van der Waals surface area contributed by atoms with Crippen molar-refractivity contribution in [2.45, 2.75) is 77.9 Å². The van der Waals surface area contributed by atoms with Gasteiger partial charge in [0.1, 0.15) is 5.82 Å². The number of morpholine rings is 1. The summed E-state index contributed by atoms with van der Waals surface area (Å²) in [6, 6.07) is 3.12. The molecular weight excluding hydrogens is 537 g/mol. The zero-order valence-electron chi connectivity index (χ0n) is 23.6. The van der Waals surface area contributed by atoms with Gasteiger partial charge in [0.2, 0.25) is 5.95 Å². The Bertz CT molecular complexity index is 1450. The number of nitrogens with zero attached hydrogens (tertiary/aromatic N) is 4. The zero-order valence-corrected chi connectivity index (χ0v) is 24.3. The van der Waals surface area contributed by atoms with Gasteiger partial charge in [-0.25, -0.2) is 14.4 Å². The summed E-state index contributed by atoms with van der Waals surface area (Å²) in [5, 5.41) is 13.7. The molecule has 0 radical (unpaired) electrons. The summed E-state index contributed by atoms with van der Waals surface area (Å²) < 4.78 is 28.9. The second kappa shape index (κ2) is 11.7. The van der Waals surface area contributed by atoms with Crippen molar-refractivity contribution in [3.8, 4) is 11.3 Å². The normalized spacial score (nSPS) is 24.1. The van der Waals surface area contributed by atoms with Crippen LogP contribution in [0.5, 0.6) is 0 Å². The highest BCUT2D eigenvalue weighted by Crippen LogP contribution is 2.33. The molecule has 0 saturated carbocycles. The Balaban J connectivity index is 1.63. The van der Waals surface area contributed by atoms with Crippen molar-refractivity contribution in [2.24, 2.45) is 0 Å². The molecule has 11 heteroatoms. The zero-order chi connectivity index (χ0) is 28.7. The molecule has 9 nitrogen and oxygen atoms in total. The Kier molecular flexibility index (Phi) is 8.45. The van der Waals surface area contributed by atoms with E-state index in [1.54, 1.807) is 13.0 Å². The summed E-state index contributed by atoms with van der Waals surface area (Å²) in [4.78, 5) is 24.8. The minimum Gasteiger partial charge on any atom is -0.389 e. The van der Waals surface area contributed by atoms with E-state index in [4.69, 9.17) is 21.1 Å². The summed E-state index contributed by atoms with van der Waals surface area (Å²) in [6.45, 7) is 12.6. The maximum atomic E-state index is 15.8. The van der Waals surface area contributed by atoms with Crippen molar-refractivity contribution < 1.29 is 19.0 Å². The number of ether oxygens (including phenoxy) is 2. The fraction of sp³-hybridized carbons (Fsp3) is 0.552. The SMILES string of the molecule is Cc1c(CN2[C@H](C)COC[C@@H]2C)n(C(C)C)c2cc(-c3nc(N[C@@H]4CCOC[C@H]4O)ncc3Cl)cc(F)c2c1=O. The van der Waals surface area contributed by atoms with E-state index >= 15 is 4.39 Å². The predicted molar refractivity (Wildman–Crippen MR) is 153 cm³/mol. The van der Waals surface area contributed by atoms with E-state index in [1.165, 1.54) is 12.3 Å². The second-order valence-corrected chi connectivity index (χ2v) is 11.6. The van der Waals surface area contributed by atoms with Crippen molar-refractivity contribution in [3.05, 3.63) is 50.7 Å². The molecule has 216 valence electrons. The van der Waals surface area contributed by atoms with Crippen LogP contribution >= 0.6 is 11.6 Å². The molecule has 0 unspecified atom stereocenters.